The van der Waals surface area contributed by atoms with Crippen molar-refractivity contribution >= 4 is 77.2 Å². The SMILES string of the molecule is Cc1ccc(N(c2ccc(C)cc2)c2cccc(-n3c4ccccc4c4cc5c6ccccc6c6nc7ccccc7n6c5cc43)c2)cc1. The summed E-state index contributed by atoms with van der Waals surface area (Å²) in [6.07, 6.45) is 0. The molecule has 10 rings (SSSR count). The minimum Gasteiger partial charge on any atom is -0.310 e. The van der Waals surface area contributed by atoms with E-state index < -0.39 is 0 Å². The number of anilines is 3. The van der Waals surface area contributed by atoms with Gasteiger partial charge in [-0.05, 0) is 92.0 Å². The van der Waals surface area contributed by atoms with Crippen LogP contribution in [0.4, 0.5) is 17.1 Å². The Morgan fingerprint density at radius 2 is 1.04 bits per heavy atom. The lowest BCUT2D eigenvalue weighted by Crippen LogP contribution is -2.10. The van der Waals surface area contributed by atoms with Crippen molar-refractivity contribution in [1.29, 1.82) is 0 Å². The summed E-state index contributed by atoms with van der Waals surface area (Å²) < 4.78 is 4.78. The van der Waals surface area contributed by atoms with Gasteiger partial charge in [0.1, 0.15) is 5.65 Å². The normalized spacial score (nSPS) is 11.9. The Balaban J connectivity index is 1.28. The molecule has 3 aromatic heterocycles. The van der Waals surface area contributed by atoms with E-state index in [1.165, 1.54) is 38.2 Å². The number of aryl methyl sites for hydroxylation is 2. The Hall–Kier alpha value is -6.39. The third kappa shape index (κ3) is 4.20. The van der Waals surface area contributed by atoms with Crippen LogP contribution < -0.4 is 4.90 Å². The van der Waals surface area contributed by atoms with Crippen molar-refractivity contribution in [1.82, 2.24) is 14.0 Å². The molecule has 0 radical (unpaired) electrons. The maximum absolute atomic E-state index is 5.15. The van der Waals surface area contributed by atoms with Crippen LogP contribution in [0.25, 0.3) is 65.8 Å². The molecule has 0 saturated carbocycles. The molecular formula is C45H32N4. The number of benzene rings is 7. The molecule has 0 aliphatic heterocycles. The number of rotatable bonds is 4. The van der Waals surface area contributed by atoms with E-state index in [0.717, 1.165) is 55.8 Å². The molecule has 0 spiro atoms. The Kier molecular flexibility index (Phi) is 5.97. The molecule has 0 aliphatic carbocycles. The van der Waals surface area contributed by atoms with Gasteiger partial charge in [-0.1, -0.05) is 96.1 Å². The molecule has 0 unspecified atom stereocenters. The highest BCUT2D eigenvalue weighted by molar-refractivity contribution is 6.20. The lowest BCUT2D eigenvalue weighted by Gasteiger charge is -2.26. The first-order chi connectivity index (χ1) is 24.1. The van der Waals surface area contributed by atoms with Crippen molar-refractivity contribution in [3.8, 4) is 5.69 Å². The van der Waals surface area contributed by atoms with Crippen molar-refractivity contribution in [3.63, 3.8) is 0 Å². The van der Waals surface area contributed by atoms with E-state index in [1.807, 2.05) is 0 Å². The minimum absolute atomic E-state index is 0.986. The predicted octanol–water partition coefficient (Wildman–Crippen LogP) is 12.0. The van der Waals surface area contributed by atoms with Crippen LogP contribution in [-0.4, -0.2) is 14.0 Å². The predicted molar refractivity (Wildman–Crippen MR) is 206 cm³/mol. The molecule has 10 aromatic rings. The van der Waals surface area contributed by atoms with Crippen LogP contribution in [0.15, 0.2) is 158 Å². The number of aromatic nitrogens is 3. The van der Waals surface area contributed by atoms with E-state index in [1.54, 1.807) is 0 Å². The number of hydrogen-bond acceptors (Lipinski definition) is 2. The van der Waals surface area contributed by atoms with Crippen molar-refractivity contribution in [2.45, 2.75) is 13.8 Å². The second kappa shape index (κ2) is 10.6. The standard InChI is InChI=1S/C45H32N4/c1-29-18-22-31(23-19-29)47(32-24-20-30(2)21-25-32)33-10-9-11-34(26-33)48-41-16-7-5-13-36(41)39-27-38-35-12-3-4-14-37(35)45-46-40-15-6-8-17-42(40)49(45)44(38)28-43(39)48/h3-28H,1-2H3. The van der Waals surface area contributed by atoms with Gasteiger partial charge in [-0.15, -0.1) is 0 Å². The zero-order valence-electron chi connectivity index (χ0n) is 27.3. The Morgan fingerprint density at radius 1 is 0.429 bits per heavy atom. The van der Waals surface area contributed by atoms with Crippen molar-refractivity contribution in [3.05, 3.63) is 169 Å². The lowest BCUT2D eigenvalue weighted by atomic mass is 10.0. The average molecular weight is 629 g/mol. The van der Waals surface area contributed by atoms with E-state index in [-0.39, 0.29) is 0 Å². The topological polar surface area (TPSA) is 25.5 Å². The van der Waals surface area contributed by atoms with Gasteiger partial charge < -0.3 is 9.47 Å². The fourth-order valence-corrected chi connectivity index (χ4v) is 7.65. The van der Waals surface area contributed by atoms with Gasteiger partial charge in [0.05, 0.1) is 27.6 Å². The smallest absolute Gasteiger partial charge is 0.146 e. The first-order valence-corrected chi connectivity index (χ1v) is 16.8. The number of fused-ring (bicyclic) bond motifs is 11. The molecule has 4 heteroatoms. The Bertz CT molecular complexity index is 2850. The molecule has 0 fully saturated rings. The van der Waals surface area contributed by atoms with Gasteiger partial charge in [0.25, 0.3) is 0 Å². The fourth-order valence-electron chi connectivity index (χ4n) is 7.65. The molecule has 3 heterocycles. The molecule has 0 bridgehead atoms. The molecule has 232 valence electrons. The average Bonchev–Trinajstić information content (AvgIpc) is 3.69. The van der Waals surface area contributed by atoms with Gasteiger partial charge in [0.2, 0.25) is 0 Å². The van der Waals surface area contributed by atoms with Gasteiger partial charge in [-0.2, -0.15) is 0 Å². The first kappa shape index (κ1) is 27.7. The minimum atomic E-state index is 0.986. The van der Waals surface area contributed by atoms with Crippen LogP contribution in [0.2, 0.25) is 0 Å². The van der Waals surface area contributed by atoms with Gasteiger partial charge in [0, 0.05) is 44.3 Å². The quantitative estimate of drug-likeness (QED) is 0.181. The number of nitrogens with zero attached hydrogens (tertiary/aromatic N) is 4. The highest BCUT2D eigenvalue weighted by atomic mass is 15.1. The molecule has 0 N–H and O–H groups in total. The molecule has 0 aliphatic rings. The fraction of sp³-hybridized carbons (Fsp3) is 0.0444. The second-order valence-corrected chi connectivity index (χ2v) is 13.1. The summed E-state index contributed by atoms with van der Waals surface area (Å²) in [4.78, 5) is 7.49. The third-order valence-electron chi connectivity index (χ3n) is 9.98. The molecule has 0 amide bonds. The summed E-state index contributed by atoms with van der Waals surface area (Å²) in [5.74, 6) is 0. The molecule has 0 atom stereocenters. The molecule has 0 saturated heterocycles. The summed E-state index contributed by atoms with van der Waals surface area (Å²) in [5, 5.41) is 6.07. The summed E-state index contributed by atoms with van der Waals surface area (Å²) in [7, 11) is 0. The maximum atomic E-state index is 5.15. The third-order valence-corrected chi connectivity index (χ3v) is 9.98. The van der Waals surface area contributed by atoms with E-state index in [2.05, 4.69) is 185 Å². The van der Waals surface area contributed by atoms with Crippen LogP contribution in [-0.2, 0) is 0 Å². The molecule has 49 heavy (non-hydrogen) atoms. The van der Waals surface area contributed by atoms with Crippen LogP contribution in [0, 0.1) is 13.8 Å². The van der Waals surface area contributed by atoms with E-state index in [0.29, 0.717) is 0 Å². The van der Waals surface area contributed by atoms with Crippen LogP contribution in [0.5, 0.6) is 0 Å². The molecule has 4 nitrogen and oxygen atoms in total. The Morgan fingerprint density at radius 3 is 1.78 bits per heavy atom. The van der Waals surface area contributed by atoms with Crippen LogP contribution >= 0.6 is 0 Å². The second-order valence-electron chi connectivity index (χ2n) is 13.1. The zero-order chi connectivity index (χ0) is 32.6. The summed E-state index contributed by atoms with van der Waals surface area (Å²) in [6.45, 7) is 4.27. The van der Waals surface area contributed by atoms with Gasteiger partial charge >= 0.3 is 0 Å². The first-order valence-electron chi connectivity index (χ1n) is 16.8. The van der Waals surface area contributed by atoms with Crippen LogP contribution in [0.1, 0.15) is 11.1 Å². The van der Waals surface area contributed by atoms with Crippen molar-refractivity contribution in [2.24, 2.45) is 0 Å². The summed E-state index contributed by atoms with van der Waals surface area (Å²) >= 11 is 0. The van der Waals surface area contributed by atoms with E-state index in [4.69, 9.17) is 4.98 Å². The van der Waals surface area contributed by atoms with E-state index >= 15 is 0 Å². The number of hydrogen-bond donors (Lipinski definition) is 0. The van der Waals surface area contributed by atoms with E-state index in [9.17, 15) is 0 Å². The summed E-state index contributed by atoms with van der Waals surface area (Å²) in [6, 6.07) is 57.2. The maximum Gasteiger partial charge on any atom is 0.146 e. The molecule has 7 aromatic carbocycles. The van der Waals surface area contributed by atoms with Crippen LogP contribution in [0.3, 0.4) is 0 Å². The Labute approximate surface area is 283 Å². The zero-order valence-corrected chi connectivity index (χ0v) is 27.3. The molecular weight excluding hydrogens is 597 g/mol. The van der Waals surface area contributed by atoms with Gasteiger partial charge in [0.15, 0.2) is 0 Å². The van der Waals surface area contributed by atoms with Crippen molar-refractivity contribution in [2.75, 3.05) is 4.90 Å². The van der Waals surface area contributed by atoms with Gasteiger partial charge in [-0.3, -0.25) is 4.40 Å². The summed E-state index contributed by atoms with van der Waals surface area (Å²) in [5.41, 5.74) is 13.5. The van der Waals surface area contributed by atoms with Gasteiger partial charge in [-0.25, -0.2) is 4.98 Å². The highest BCUT2D eigenvalue weighted by Gasteiger charge is 2.20. The number of pyridine rings is 1. The monoisotopic (exact) mass is 628 g/mol. The number of imidazole rings is 1. The number of para-hydroxylation sites is 3. The largest absolute Gasteiger partial charge is 0.310 e. The lowest BCUT2D eigenvalue weighted by molar-refractivity contribution is 1.17. The van der Waals surface area contributed by atoms with Crippen molar-refractivity contribution < 1.29 is 0 Å². The highest BCUT2D eigenvalue weighted by Crippen LogP contribution is 2.41.